The van der Waals surface area contributed by atoms with Gasteiger partial charge in [0.2, 0.25) is 0 Å². The molecule has 0 aliphatic carbocycles. The number of aryl methyl sites for hydroxylation is 2. The predicted octanol–water partition coefficient (Wildman–Crippen LogP) is 3.14. The normalized spacial score (nSPS) is 18.9. The fraction of sp³-hybridized carbons (Fsp3) is 0.643. The highest BCUT2D eigenvalue weighted by Crippen LogP contribution is 2.32. The Bertz CT molecular complexity index is 519. The minimum Gasteiger partial charge on any atom is -0.383 e. The Labute approximate surface area is 125 Å². The summed E-state index contributed by atoms with van der Waals surface area (Å²) in [5, 5.41) is 9.27. The molecule has 2 heterocycles. The maximum absolute atomic E-state index is 12.5. The number of piperidine rings is 1. The Morgan fingerprint density at radius 3 is 2.38 bits per heavy atom. The number of thiophene rings is 1. The molecule has 21 heavy (non-hydrogen) atoms. The number of nitrogens with zero attached hydrogens (tertiary/aromatic N) is 1. The number of halogens is 3. The molecule has 1 saturated heterocycles. The van der Waals surface area contributed by atoms with Crippen molar-refractivity contribution in [2.45, 2.75) is 39.0 Å². The van der Waals surface area contributed by atoms with Crippen molar-refractivity contribution in [2.75, 3.05) is 13.1 Å². The van der Waals surface area contributed by atoms with E-state index in [9.17, 15) is 23.1 Å². The van der Waals surface area contributed by atoms with Crippen molar-refractivity contribution in [1.29, 1.82) is 0 Å². The summed E-state index contributed by atoms with van der Waals surface area (Å²) < 4.78 is 37.4. The van der Waals surface area contributed by atoms with Gasteiger partial charge in [0.25, 0.3) is 5.91 Å². The largest absolute Gasteiger partial charge is 0.414 e. The number of hydrogen-bond donors (Lipinski definition) is 1. The summed E-state index contributed by atoms with van der Waals surface area (Å²) >= 11 is 1.53. The van der Waals surface area contributed by atoms with Crippen LogP contribution < -0.4 is 0 Å². The smallest absolute Gasteiger partial charge is 0.383 e. The van der Waals surface area contributed by atoms with Gasteiger partial charge in [-0.2, -0.15) is 13.2 Å². The Balaban J connectivity index is 1.98. The highest BCUT2D eigenvalue weighted by molar-refractivity contribution is 7.12. The number of likely N-dealkylation sites (tertiary alicyclic amines) is 1. The van der Waals surface area contributed by atoms with Crippen molar-refractivity contribution in [3.8, 4) is 0 Å². The van der Waals surface area contributed by atoms with Crippen molar-refractivity contribution >= 4 is 17.2 Å². The van der Waals surface area contributed by atoms with E-state index in [1.54, 1.807) is 4.90 Å². The number of hydrogen-bond acceptors (Lipinski definition) is 3. The van der Waals surface area contributed by atoms with Crippen LogP contribution in [0.2, 0.25) is 0 Å². The van der Waals surface area contributed by atoms with E-state index in [0.29, 0.717) is 5.56 Å². The van der Waals surface area contributed by atoms with Crippen LogP contribution in [-0.4, -0.2) is 41.3 Å². The molecule has 1 unspecified atom stereocenters. The topological polar surface area (TPSA) is 40.5 Å². The molecule has 2 rings (SSSR count). The second-order valence-corrected chi connectivity index (χ2v) is 6.90. The Kier molecular flexibility index (Phi) is 4.63. The molecule has 0 aromatic carbocycles. The highest BCUT2D eigenvalue weighted by Gasteiger charge is 2.44. The van der Waals surface area contributed by atoms with E-state index in [1.807, 2.05) is 19.9 Å². The number of rotatable bonds is 2. The molecule has 0 saturated carbocycles. The number of aliphatic hydroxyl groups excluding tert-OH is 1. The lowest BCUT2D eigenvalue weighted by atomic mass is 9.90. The lowest BCUT2D eigenvalue weighted by Gasteiger charge is -2.34. The Morgan fingerprint density at radius 1 is 1.38 bits per heavy atom. The van der Waals surface area contributed by atoms with Crippen molar-refractivity contribution in [1.82, 2.24) is 4.90 Å². The van der Waals surface area contributed by atoms with E-state index in [0.717, 1.165) is 9.75 Å². The van der Waals surface area contributed by atoms with Gasteiger partial charge in [0.05, 0.1) is 5.56 Å². The lowest BCUT2D eigenvalue weighted by Crippen LogP contribution is -2.45. The first-order valence-corrected chi connectivity index (χ1v) is 7.63. The predicted molar refractivity (Wildman–Crippen MR) is 74.5 cm³/mol. The molecular formula is C14H18F3NO2S. The van der Waals surface area contributed by atoms with Gasteiger partial charge >= 0.3 is 6.18 Å². The zero-order valence-corrected chi connectivity index (χ0v) is 12.7. The molecule has 118 valence electrons. The average Bonchev–Trinajstić information content (AvgIpc) is 2.75. The van der Waals surface area contributed by atoms with E-state index >= 15 is 0 Å². The zero-order valence-electron chi connectivity index (χ0n) is 11.9. The fourth-order valence-corrected chi connectivity index (χ4v) is 3.61. The third kappa shape index (κ3) is 3.58. The molecule has 3 nitrogen and oxygen atoms in total. The summed E-state index contributed by atoms with van der Waals surface area (Å²) in [6.07, 6.45) is -6.53. The van der Waals surface area contributed by atoms with Gasteiger partial charge in [0.1, 0.15) is 0 Å². The molecular weight excluding hydrogens is 303 g/mol. The molecule has 1 N–H and O–H groups in total. The second-order valence-electron chi connectivity index (χ2n) is 5.44. The molecule has 1 aromatic rings. The first-order chi connectivity index (χ1) is 9.70. The van der Waals surface area contributed by atoms with Crippen molar-refractivity contribution < 1.29 is 23.1 Å². The number of carbonyl (C=O) groups is 1. The number of carbonyl (C=O) groups excluding carboxylic acids is 1. The third-order valence-corrected chi connectivity index (χ3v) is 4.85. The van der Waals surface area contributed by atoms with Gasteiger partial charge in [-0.15, -0.1) is 11.3 Å². The molecule has 1 atom stereocenters. The van der Waals surface area contributed by atoms with Gasteiger partial charge in [-0.05, 0) is 38.7 Å². The quantitative estimate of drug-likeness (QED) is 0.909. The van der Waals surface area contributed by atoms with Crippen LogP contribution >= 0.6 is 11.3 Å². The molecule has 1 fully saturated rings. The van der Waals surface area contributed by atoms with E-state index < -0.39 is 18.2 Å². The van der Waals surface area contributed by atoms with Crippen LogP contribution in [0.4, 0.5) is 13.2 Å². The first-order valence-electron chi connectivity index (χ1n) is 6.81. The van der Waals surface area contributed by atoms with Crippen molar-refractivity contribution in [3.05, 3.63) is 21.4 Å². The maximum atomic E-state index is 12.5. The minimum atomic E-state index is -4.59. The standard InChI is InChI=1S/C14H18F3NO2S/c1-8-7-11(9(2)21-8)13(20)18-5-3-10(4-6-18)12(19)14(15,16)17/h7,10,12,19H,3-6H2,1-2H3. The van der Waals surface area contributed by atoms with Gasteiger partial charge in [-0.3, -0.25) is 4.79 Å². The summed E-state index contributed by atoms with van der Waals surface area (Å²) in [6.45, 7) is 4.29. The molecule has 0 radical (unpaired) electrons. The average molecular weight is 321 g/mol. The van der Waals surface area contributed by atoms with Gasteiger partial charge < -0.3 is 10.0 Å². The molecule has 1 aromatic heterocycles. The fourth-order valence-electron chi connectivity index (χ4n) is 2.70. The van der Waals surface area contributed by atoms with Crippen LogP contribution in [0.5, 0.6) is 0 Å². The highest BCUT2D eigenvalue weighted by atomic mass is 32.1. The Morgan fingerprint density at radius 2 is 1.95 bits per heavy atom. The molecule has 0 bridgehead atoms. The third-order valence-electron chi connectivity index (χ3n) is 3.88. The van der Waals surface area contributed by atoms with Gasteiger partial charge in [0.15, 0.2) is 6.10 Å². The van der Waals surface area contributed by atoms with Crippen LogP contribution in [-0.2, 0) is 0 Å². The van der Waals surface area contributed by atoms with Crippen LogP contribution in [0.15, 0.2) is 6.07 Å². The number of alkyl halides is 3. The Hall–Kier alpha value is -1.08. The lowest BCUT2D eigenvalue weighted by molar-refractivity contribution is -0.222. The molecule has 1 aliphatic rings. The van der Waals surface area contributed by atoms with Crippen molar-refractivity contribution in [2.24, 2.45) is 5.92 Å². The van der Waals surface area contributed by atoms with Gasteiger partial charge in [-0.1, -0.05) is 0 Å². The number of aliphatic hydroxyl groups is 1. The monoisotopic (exact) mass is 321 g/mol. The van der Waals surface area contributed by atoms with Crippen LogP contribution in [0, 0.1) is 19.8 Å². The van der Waals surface area contributed by atoms with Crippen LogP contribution in [0.25, 0.3) is 0 Å². The molecule has 1 amide bonds. The zero-order chi connectivity index (χ0) is 15.8. The summed E-state index contributed by atoms with van der Waals surface area (Å²) in [4.78, 5) is 15.9. The van der Waals surface area contributed by atoms with E-state index in [1.165, 1.54) is 11.3 Å². The summed E-state index contributed by atoms with van der Waals surface area (Å²) in [6, 6.07) is 1.82. The first kappa shape index (κ1) is 16.3. The molecule has 0 spiro atoms. The number of amides is 1. The molecule has 1 aliphatic heterocycles. The van der Waals surface area contributed by atoms with Gasteiger partial charge in [-0.25, -0.2) is 0 Å². The van der Waals surface area contributed by atoms with Gasteiger partial charge in [0, 0.05) is 22.8 Å². The molecule has 7 heteroatoms. The van der Waals surface area contributed by atoms with E-state index in [-0.39, 0.29) is 31.8 Å². The second kappa shape index (κ2) is 5.96. The SMILES string of the molecule is Cc1cc(C(=O)N2CCC(C(O)C(F)(F)F)CC2)c(C)s1. The summed E-state index contributed by atoms with van der Waals surface area (Å²) in [5.74, 6) is -0.948. The van der Waals surface area contributed by atoms with Crippen LogP contribution in [0.1, 0.15) is 33.0 Å². The summed E-state index contributed by atoms with van der Waals surface area (Å²) in [7, 11) is 0. The maximum Gasteiger partial charge on any atom is 0.414 e. The van der Waals surface area contributed by atoms with Crippen molar-refractivity contribution in [3.63, 3.8) is 0 Å². The summed E-state index contributed by atoms with van der Waals surface area (Å²) in [5.41, 5.74) is 0.632. The van der Waals surface area contributed by atoms with Crippen LogP contribution in [0.3, 0.4) is 0 Å². The van der Waals surface area contributed by atoms with E-state index in [2.05, 4.69) is 0 Å². The van der Waals surface area contributed by atoms with E-state index in [4.69, 9.17) is 0 Å². The minimum absolute atomic E-state index is 0.128.